The van der Waals surface area contributed by atoms with E-state index in [1.165, 1.54) is 24.3 Å². The summed E-state index contributed by atoms with van der Waals surface area (Å²) in [5, 5.41) is 5.73. The number of halogens is 1. The first-order valence-electron chi connectivity index (χ1n) is 7.82. The van der Waals surface area contributed by atoms with Gasteiger partial charge in [0.2, 0.25) is 11.8 Å². The van der Waals surface area contributed by atoms with E-state index in [1.54, 1.807) is 0 Å². The zero-order valence-corrected chi connectivity index (χ0v) is 15.0. The smallest absolute Gasteiger partial charge is 0.223 e. The highest BCUT2D eigenvalue weighted by atomic mass is 35.5. The van der Waals surface area contributed by atoms with Gasteiger partial charge in [0.1, 0.15) is 0 Å². The van der Waals surface area contributed by atoms with Gasteiger partial charge in [-0.2, -0.15) is 0 Å². The summed E-state index contributed by atoms with van der Waals surface area (Å²) in [6.45, 7) is 2.30. The highest BCUT2D eigenvalue weighted by Crippen LogP contribution is 2.37. The highest BCUT2D eigenvalue weighted by molar-refractivity contribution is 7.91. The van der Waals surface area contributed by atoms with Gasteiger partial charge in [-0.15, -0.1) is 0 Å². The van der Waals surface area contributed by atoms with Crippen molar-refractivity contribution in [2.75, 3.05) is 18.8 Å². The summed E-state index contributed by atoms with van der Waals surface area (Å²) in [5.41, 5.74) is 0. The molecular formula is C16H21ClN2O4S. The maximum absolute atomic E-state index is 12.1. The summed E-state index contributed by atoms with van der Waals surface area (Å²) in [6.07, 6.45) is 1.04. The second kappa shape index (κ2) is 7.98. The third-order valence-corrected chi connectivity index (χ3v) is 5.95. The monoisotopic (exact) mass is 372 g/mol. The normalized spacial score (nSPS) is 19.6. The largest absolute Gasteiger partial charge is 0.355 e. The fourth-order valence-corrected chi connectivity index (χ4v) is 3.57. The van der Waals surface area contributed by atoms with Crippen LogP contribution in [0.1, 0.15) is 19.8 Å². The van der Waals surface area contributed by atoms with E-state index in [0.29, 0.717) is 10.9 Å². The summed E-state index contributed by atoms with van der Waals surface area (Å²) in [4.78, 5) is 23.4. The lowest BCUT2D eigenvalue weighted by atomic mass is 10.3. The van der Waals surface area contributed by atoms with E-state index in [1.807, 2.05) is 6.92 Å². The lowest BCUT2D eigenvalue weighted by Crippen LogP contribution is -2.33. The van der Waals surface area contributed by atoms with Crippen LogP contribution in [0.3, 0.4) is 0 Å². The minimum absolute atomic E-state index is 0.0133. The summed E-state index contributed by atoms with van der Waals surface area (Å²) in [7, 11) is -3.46. The van der Waals surface area contributed by atoms with Crippen LogP contribution >= 0.6 is 11.6 Å². The van der Waals surface area contributed by atoms with Gasteiger partial charge in [0.25, 0.3) is 0 Å². The number of carbonyl (C=O) groups excluding carboxylic acids is 2. The van der Waals surface area contributed by atoms with Gasteiger partial charge in [-0.1, -0.05) is 18.5 Å². The molecule has 2 rings (SSSR count). The molecule has 0 aromatic heterocycles. The van der Waals surface area contributed by atoms with E-state index in [-0.39, 0.29) is 47.9 Å². The molecule has 0 bridgehead atoms. The van der Waals surface area contributed by atoms with Gasteiger partial charge in [0.05, 0.1) is 10.6 Å². The molecule has 1 aromatic rings. The summed E-state index contributed by atoms with van der Waals surface area (Å²) in [5.74, 6) is 0.0207. The first-order valence-corrected chi connectivity index (χ1v) is 9.85. The molecule has 2 unspecified atom stereocenters. The van der Waals surface area contributed by atoms with Crippen molar-refractivity contribution < 1.29 is 18.0 Å². The standard InChI is InChI=1S/C16H21ClN2O4S/c1-11-10-14(11)16(21)19-7-6-15(20)18-8-9-24(22,23)13-4-2-12(17)3-5-13/h2-5,11,14H,6-10H2,1H3,(H,18,20)(H,19,21). The van der Waals surface area contributed by atoms with Crippen LogP contribution in [-0.2, 0) is 19.4 Å². The number of benzene rings is 1. The Morgan fingerprint density at radius 1 is 1.17 bits per heavy atom. The highest BCUT2D eigenvalue weighted by Gasteiger charge is 2.38. The molecule has 1 aromatic carbocycles. The van der Waals surface area contributed by atoms with Gasteiger partial charge in [-0.05, 0) is 36.6 Å². The first kappa shape index (κ1) is 18.7. The SMILES string of the molecule is CC1CC1C(=O)NCCC(=O)NCCS(=O)(=O)c1ccc(Cl)cc1. The molecule has 0 heterocycles. The van der Waals surface area contributed by atoms with Crippen LogP contribution in [0.5, 0.6) is 0 Å². The van der Waals surface area contributed by atoms with E-state index < -0.39 is 9.84 Å². The molecule has 0 radical (unpaired) electrons. The van der Waals surface area contributed by atoms with Crippen molar-refractivity contribution in [1.29, 1.82) is 0 Å². The van der Waals surface area contributed by atoms with Crippen LogP contribution < -0.4 is 10.6 Å². The number of nitrogens with one attached hydrogen (secondary N) is 2. The van der Waals surface area contributed by atoms with Gasteiger partial charge in [-0.25, -0.2) is 8.42 Å². The van der Waals surface area contributed by atoms with E-state index >= 15 is 0 Å². The Hall–Kier alpha value is -1.60. The molecule has 2 N–H and O–H groups in total. The van der Waals surface area contributed by atoms with Crippen LogP contribution in [0.15, 0.2) is 29.2 Å². The van der Waals surface area contributed by atoms with Crippen molar-refractivity contribution in [1.82, 2.24) is 10.6 Å². The Morgan fingerprint density at radius 2 is 1.79 bits per heavy atom. The molecule has 1 aliphatic carbocycles. The number of carbonyl (C=O) groups is 2. The zero-order chi connectivity index (χ0) is 17.7. The topological polar surface area (TPSA) is 92.3 Å². The lowest BCUT2D eigenvalue weighted by Gasteiger charge is -2.08. The van der Waals surface area contributed by atoms with E-state index in [0.717, 1.165) is 6.42 Å². The lowest BCUT2D eigenvalue weighted by molar-refractivity contribution is -0.123. The van der Waals surface area contributed by atoms with Crippen molar-refractivity contribution in [3.8, 4) is 0 Å². The third-order valence-electron chi connectivity index (χ3n) is 3.96. The minimum Gasteiger partial charge on any atom is -0.355 e. The molecule has 2 amide bonds. The van der Waals surface area contributed by atoms with Gasteiger partial charge in [-0.3, -0.25) is 9.59 Å². The predicted molar refractivity (Wildman–Crippen MR) is 91.4 cm³/mol. The van der Waals surface area contributed by atoms with E-state index in [2.05, 4.69) is 10.6 Å². The third kappa shape index (κ3) is 5.49. The molecule has 1 aliphatic rings. The predicted octanol–water partition coefficient (Wildman–Crippen LogP) is 1.39. The molecule has 8 heteroatoms. The van der Waals surface area contributed by atoms with Crippen LogP contribution in [0, 0.1) is 11.8 Å². The maximum atomic E-state index is 12.1. The Bertz CT molecular complexity index is 703. The molecule has 1 saturated carbocycles. The van der Waals surface area contributed by atoms with Crippen molar-refractivity contribution in [3.63, 3.8) is 0 Å². The quantitative estimate of drug-likeness (QED) is 0.721. The van der Waals surface area contributed by atoms with Crippen LogP contribution in [0.2, 0.25) is 5.02 Å². The molecule has 2 atom stereocenters. The Labute approximate surface area is 146 Å². The number of hydrogen-bond donors (Lipinski definition) is 2. The second-order valence-electron chi connectivity index (χ2n) is 5.98. The fraction of sp³-hybridized carbons (Fsp3) is 0.500. The van der Waals surface area contributed by atoms with Gasteiger partial charge in [0, 0.05) is 30.5 Å². The molecule has 1 fully saturated rings. The van der Waals surface area contributed by atoms with Crippen molar-refractivity contribution in [3.05, 3.63) is 29.3 Å². The van der Waals surface area contributed by atoms with Crippen LogP contribution in [-0.4, -0.2) is 39.1 Å². The molecule has 0 spiro atoms. The average Bonchev–Trinajstić information content (AvgIpc) is 3.24. The van der Waals surface area contributed by atoms with Crippen LogP contribution in [0.25, 0.3) is 0 Å². The van der Waals surface area contributed by atoms with Gasteiger partial charge < -0.3 is 10.6 Å². The number of rotatable bonds is 8. The summed E-state index contributed by atoms with van der Waals surface area (Å²) < 4.78 is 24.2. The Morgan fingerprint density at radius 3 is 2.38 bits per heavy atom. The molecule has 0 aliphatic heterocycles. The Kier molecular flexibility index (Phi) is 6.23. The van der Waals surface area contributed by atoms with Crippen molar-refractivity contribution >= 4 is 33.3 Å². The second-order valence-corrected chi connectivity index (χ2v) is 8.53. The fourth-order valence-electron chi connectivity index (χ4n) is 2.29. The number of hydrogen-bond acceptors (Lipinski definition) is 4. The Balaban J connectivity index is 1.66. The number of sulfone groups is 1. The molecule has 24 heavy (non-hydrogen) atoms. The maximum Gasteiger partial charge on any atom is 0.223 e. The molecular weight excluding hydrogens is 352 g/mol. The first-order chi connectivity index (χ1) is 11.3. The molecule has 0 saturated heterocycles. The zero-order valence-electron chi connectivity index (χ0n) is 13.4. The average molecular weight is 373 g/mol. The summed E-state index contributed by atoms with van der Waals surface area (Å²) in [6, 6.07) is 5.90. The van der Waals surface area contributed by atoms with Crippen molar-refractivity contribution in [2.45, 2.75) is 24.7 Å². The van der Waals surface area contributed by atoms with Gasteiger partial charge in [0.15, 0.2) is 9.84 Å². The van der Waals surface area contributed by atoms with E-state index in [4.69, 9.17) is 11.6 Å². The van der Waals surface area contributed by atoms with Crippen molar-refractivity contribution in [2.24, 2.45) is 11.8 Å². The summed E-state index contributed by atoms with van der Waals surface area (Å²) >= 11 is 5.73. The van der Waals surface area contributed by atoms with Crippen LogP contribution in [0.4, 0.5) is 0 Å². The van der Waals surface area contributed by atoms with Gasteiger partial charge >= 0.3 is 0 Å². The minimum atomic E-state index is -3.46. The van der Waals surface area contributed by atoms with E-state index in [9.17, 15) is 18.0 Å². The molecule has 132 valence electrons. The number of amides is 2. The molecule has 6 nitrogen and oxygen atoms in total.